The summed E-state index contributed by atoms with van der Waals surface area (Å²) < 4.78 is 5.62. The van der Waals surface area contributed by atoms with Gasteiger partial charge in [0, 0.05) is 18.0 Å². The van der Waals surface area contributed by atoms with Crippen LogP contribution in [-0.4, -0.2) is 21.1 Å². The predicted molar refractivity (Wildman–Crippen MR) is 95.8 cm³/mol. The molecule has 1 saturated heterocycles. The first-order valence-corrected chi connectivity index (χ1v) is 8.39. The number of ether oxygens (including phenoxy) is 1. The number of nitrogens with zero attached hydrogens (tertiary/aromatic N) is 2. The Bertz CT molecular complexity index is 887. The topological polar surface area (TPSA) is 62.7 Å². The highest BCUT2D eigenvalue weighted by Gasteiger charge is 2.55. The monoisotopic (exact) mass is 346 g/mol. The van der Waals surface area contributed by atoms with Crippen molar-refractivity contribution in [3.63, 3.8) is 0 Å². The average molecular weight is 346 g/mol. The predicted octanol–water partition coefficient (Wildman–Crippen LogP) is 3.62. The zero-order valence-electron chi connectivity index (χ0n) is 14.0. The van der Waals surface area contributed by atoms with E-state index in [1.807, 2.05) is 54.6 Å². The second kappa shape index (κ2) is 6.61. The molecule has 1 fully saturated rings. The van der Waals surface area contributed by atoms with Crippen LogP contribution in [0.15, 0.2) is 85.2 Å². The Hall–Kier alpha value is -3.18. The summed E-state index contributed by atoms with van der Waals surface area (Å²) in [5.41, 5.74) is 0.534. The Labute approximate surface area is 151 Å². The second-order valence-electron chi connectivity index (χ2n) is 6.21. The first kappa shape index (κ1) is 16.3. The maximum Gasteiger partial charge on any atom is 0.413 e. The minimum atomic E-state index is -1.62. The lowest BCUT2D eigenvalue weighted by Gasteiger charge is -2.34. The van der Waals surface area contributed by atoms with E-state index in [1.54, 1.807) is 30.6 Å². The molecule has 2 heterocycles. The smallest absolute Gasteiger partial charge is 0.413 e. The van der Waals surface area contributed by atoms with Gasteiger partial charge in [0.05, 0.1) is 6.54 Å². The number of aliphatic hydroxyl groups is 1. The Kier molecular flexibility index (Phi) is 4.14. The fourth-order valence-corrected chi connectivity index (χ4v) is 3.31. The van der Waals surface area contributed by atoms with Gasteiger partial charge < -0.3 is 9.84 Å². The summed E-state index contributed by atoms with van der Waals surface area (Å²) in [4.78, 5) is 18.1. The van der Waals surface area contributed by atoms with Crippen LogP contribution in [0, 0.1) is 0 Å². The number of benzene rings is 2. The molecule has 1 amide bonds. The Morgan fingerprint density at radius 2 is 1.69 bits per heavy atom. The molecule has 0 aliphatic carbocycles. The van der Waals surface area contributed by atoms with Gasteiger partial charge in [-0.2, -0.15) is 0 Å². The minimum absolute atomic E-state index is 0.196. The molecule has 1 N–H and O–H groups in total. The van der Waals surface area contributed by atoms with Gasteiger partial charge in [-0.25, -0.2) is 4.79 Å². The standard InChI is InChI=1S/C21H18N2O3/c24-20-23(15-16-8-7-13-22-14-16)21(25,18-11-5-2-6-12-18)19(26-20)17-9-3-1-4-10-17/h1-14,19,25H,15H2/t19-,21+/m0/s1. The van der Waals surface area contributed by atoms with Gasteiger partial charge in [-0.05, 0) is 17.2 Å². The molecule has 1 aliphatic heterocycles. The third-order valence-corrected chi connectivity index (χ3v) is 4.58. The van der Waals surface area contributed by atoms with E-state index in [9.17, 15) is 9.90 Å². The van der Waals surface area contributed by atoms with Crippen LogP contribution < -0.4 is 0 Å². The van der Waals surface area contributed by atoms with E-state index in [0.717, 1.165) is 11.1 Å². The van der Waals surface area contributed by atoms with Crippen LogP contribution in [0.2, 0.25) is 0 Å². The number of cyclic esters (lactones) is 1. The number of carbonyl (C=O) groups is 1. The lowest BCUT2D eigenvalue weighted by molar-refractivity contribution is -0.113. The van der Waals surface area contributed by atoms with Gasteiger partial charge in [0.2, 0.25) is 5.72 Å². The van der Waals surface area contributed by atoms with Crippen molar-refractivity contribution in [1.29, 1.82) is 0 Å². The van der Waals surface area contributed by atoms with Crippen LogP contribution in [0.5, 0.6) is 0 Å². The number of amides is 1. The van der Waals surface area contributed by atoms with E-state index >= 15 is 0 Å². The molecule has 2 aromatic carbocycles. The maximum absolute atomic E-state index is 12.7. The molecule has 130 valence electrons. The number of hydrogen-bond donors (Lipinski definition) is 1. The maximum atomic E-state index is 12.7. The van der Waals surface area contributed by atoms with E-state index in [0.29, 0.717) is 5.56 Å². The van der Waals surface area contributed by atoms with Gasteiger partial charge in [-0.15, -0.1) is 0 Å². The zero-order valence-corrected chi connectivity index (χ0v) is 14.0. The molecule has 2 atom stereocenters. The van der Waals surface area contributed by atoms with Crippen molar-refractivity contribution in [3.05, 3.63) is 102 Å². The molecule has 0 spiro atoms. The van der Waals surface area contributed by atoms with Crippen molar-refractivity contribution < 1.29 is 14.6 Å². The number of rotatable bonds is 4. The molecule has 0 saturated carbocycles. The van der Waals surface area contributed by atoms with Gasteiger partial charge >= 0.3 is 6.09 Å². The number of carbonyl (C=O) groups excluding carboxylic acids is 1. The molecular formula is C21H18N2O3. The van der Waals surface area contributed by atoms with Crippen molar-refractivity contribution in [2.24, 2.45) is 0 Å². The molecule has 3 aromatic rings. The van der Waals surface area contributed by atoms with Crippen LogP contribution in [0.1, 0.15) is 22.8 Å². The van der Waals surface area contributed by atoms with E-state index < -0.39 is 17.9 Å². The van der Waals surface area contributed by atoms with Crippen molar-refractivity contribution in [1.82, 2.24) is 9.88 Å². The van der Waals surface area contributed by atoms with Gasteiger partial charge in [-0.1, -0.05) is 66.7 Å². The molecule has 0 radical (unpaired) electrons. The van der Waals surface area contributed by atoms with Crippen LogP contribution >= 0.6 is 0 Å². The van der Waals surface area contributed by atoms with Crippen molar-refractivity contribution >= 4 is 6.09 Å². The third-order valence-electron chi connectivity index (χ3n) is 4.58. The lowest BCUT2D eigenvalue weighted by atomic mass is 9.91. The summed E-state index contributed by atoms with van der Waals surface area (Å²) in [6.07, 6.45) is 1.96. The highest BCUT2D eigenvalue weighted by molar-refractivity contribution is 5.72. The molecule has 1 aromatic heterocycles. The Morgan fingerprint density at radius 3 is 2.35 bits per heavy atom. The van der Waals surface area contributed by atoms with Gasteiger partial charge in [0.15, 0.2) is 6.10 Å². The van der Waals surface area contributed by atoms with Gasteiger partial charge in [0.1, 0.15) is 0 Å². The Morgan fingerprint density at radius 1 is 1.00 bits per heavy atom. The van der Waals surface area contributed by atoms with Crippen LogP contribution in [-0.2, 0) is 17.0 Å². The number of aromatic nitrogens is 1. The summed E-state index contributed by atoms with van der Waals surface area (Å²) in [5, 5.41) is 11.7. The lowest BCUT2D eigenvalue weighted by Crippen LogP contribution is -2.45. The zero-order chi connectivity index (χ0) is 18.0. The summed E-state index contributed by atoms with van der Waals surface area (Å²) in [7, 11) is 0. The SMILES string of the molecule is O=C1O[C@@H](c2ccccc2)[C@](O)(c2ccccc2)N1Cc1cccnc1. The molecule has 5 nitrogen and oxygen atoms in total. The summed E-state index contributed by atoms with van der Waals surface area (Å²) in [5.74, 6) is 0. The summed E-state index contributed by atoms with van der Waals surface area (Å²) in [6.45, 7) is 0.196. The highest BCUT2D eigenvalue weighted by Crippen LogP contribution is 2.47. The Balaban J connectivity index is 1.81. The molecule has 5 heteroatoms. The van der Waals surface area contributed by atoms with Crippen LogP contribution in [0.3, 0.4) is 0 Å². The van der Waals surface area contributed by atoms with Crippen LogP contribution in [0.4, 0.5) is 4.79 Å². The number of pyridine rings is 1. The molecule has 26 heavy (non-hydrogen) atoms. The molecule has 0 bridgehead atoms. The molecule has 1 aliphatic rings. The molecule has 4 rings (SSSR count). The second-order valence-corrected chi connectivity index (χ2v) is 6.21. The first-order valence-electron chi connectivity index (χ1n) is 8.39. The minimum Gasteiger partial charge on any atom is -0.436 e. The van der Waals surface area contributed by atoms with E-state index in [1.165, 1.54) is 4.90 Å². The normalized spacial score (nSPS) is 22.3. The number of hydrogen-bond acceptors (Lipinski definition) is 4. The van der Waals surface area contributed by atoms with Gasteiger partial charge in [-0.3, -0.25) is 9.88 Å². The van der Waals surface area contributed by atoms with E-state index in [4.69, 9.17) is 4.74 Å². The fraction of sp³-hybridized carbons (Fsp3) is 0.143. The van der Waals surface area contributed by atoms with Crippen molar-refractivity contribution in [2.45, 2.75) is 18.4 Å². The summed E-state index contributed by atoms with van der Waals surface area (Å²) >= 11 is 0. The van der Waals surface area contributed by atoms with E-state index in [2.05, 4.69) is 4.98 Å². The fourth-order valence-electron chi connectivity index (χ4n) is 3.31. The summed E-state index contributed by atoms with van der Waals surface area (Å²) in [6, 6.07) is 22.1. The molecular weight excluding hydrogens is 328 g/mol. The highest BCUT2D eigenvalue weighted by atomic mass is 16.6. The average Bonchev–Trinajstić information content (AvgIpc) is 2.96. The van der Waals surface area contributed by atoms with Crippen molar-refractivity contribution in [3.8, 4) is 0 Å². The first-order chi connectivity index (χ1) is 12.7. The quantitative estimate of drug-likeness (QED) is 0.784. The van der Waals surface area contributed by atoms with Crippen LogP contribution in [0.25, 0.3) is 0 Å². The largest absolute Gasteiger partial charge is 0.436 e. The van der Waals surface area contributed by atoms with Gasteiger partial charge in [0.25, 0.3) is 0 Å². The molecule has 0 unspecified atom stereocenters. The van der Waals surface area contributed by atoms with Crippen molar-refractivity contribution in [2.75, 3.05) is 0 Å². The third kappa shape index (κ3) is 2.72. The van der Waals surface area contributed by atoms with E-state index in [-0.39, 0.29) is 6.54 Å².